The molecule has 4 aromatic rings. The number of hydrogen-bond donors (Lipinski definition) is 1. The number of nitrogens with zero attached hydrogens (tertiary/aromatic N) is 5. The van der Waals surface area contributed by atoms with Crippen molar-refractivity contribution in [2.45, 2.75) is 11.7 Å². The lowest BCUT2D eigenvalue weighted by Gasteiger charge is -2.10. The standard InChI is InChI=1S/C22H18N6O3S/c29-20(24-14-16-5-4-12-23-13-16)15-32-22-26-25-21(27(22)18-6-2-1-3-7-18)17-8-10-19(11-9-17)28(30)31/h1-13H,14-15H2,(H,24,29). The van der Waals surface area contributed by atoms with Crippen molar-refractivity contribution in [3.63, 3.8) is 0 Å². The van der Waals surface area contributed by atoms with Crippen molar-refractivity contribution < 1.29 is 9.72 Å². The van der Waals surface area contributed by atoms with Crippen molar-refractivity contribution >= 4 is 23.4 Å². The largest absolute Gasteiger partial charge is 0.351 e. The van der Waals surface area contributed by atoms with Crippen LogP contribution < -0.4 is 5.32 Å². The van der Waals surface area contributed by atoms with Crippen LogP contribution in [-0.2, 0) is 11.3 Å². The number of aromatic nitrogens is 4. The van der Waals surface area contributed by atoms with Gasteiger partial charge in [0.1, 0.15) is 0 Å². The molecule has 9 nitrogen and oxygen atoms in total. The van der Waals surface area contributed by atoms with Gasteiger partial charge < -0.3 is 5.32 Å². The highest BCUT2D eigenvalue weighted by Crippen LogP contribution is 2.28. The van der Waals surface area contributed by atoms with Gasteiger partial charge in [-0.3, -0.25) is 24.5 Å². The predicted molar refractivity (Wildman–Crippen MR) is 120 cm³/mol. The van der Waals surface area contributed by atoms with Crippen LogP contribution in [0.3, 0.4) is 0 Å². The Bertz CT molecular complexity index is 1210. The van der Waals surface area contributed by atoms with Crippen LogP contribution in [0.4, 0.5) is 5.69 Å². The highest BCUT2D eigenvalue weighted by atomic mass is 32.2. The summed E-state index contributed by atoms with van der Waals surface area (Å²) < 4.78 is 1.83. The van der Waals surface area contributed by atoms with E-state index in [0.717, 1.165) is 11.3 Å². The molecule has 0 aliphatic carbocycles. The lowest BCUT2D eigenvalue weighted by Crippen LogP contribution is -2.24. The zero-order valence-electron chi connectivity index (χ0n) is 16.8. The van der Waals surface area contributed by atoms with E-state index in [1.54, 1.807) is 24.5 Å². The van der Waals surface area contributed by atoms with E-state index in [2.05, 4.69) is 20.5 Å². The summed E-state index contributed by atoms with van der Waals surface area (Å²) in [6, 6.07) is 19.3. The monoisotopic (exact) mass is 446 g/mol. The lowest BCUT2D eigenvalue weighted by molar-refractivity contribution is -0.384. The summed E-state index contributed by atoms with van der Waals surface area (Å²) in [5, 5.41) is 22.9. The summed E-state index contributed by atoms with van der Waals surface area (Å²) in [5.74, 6) is 0.550. The molecule has 2 aromatic carbocycles. The Morgan fingerprint density at radius 1 is 1.03 bits per heavy atom. The fourth-order valence-electron chi connectivity index (χ4n) is 2.98. The summed E-state index contributed by atoms with van der Waals surface area (Å²) in [5.41, 5.74) is 2.42. The van der Waals surface area contributed by atoms with E-state index in [4.69, 9.17) is 0 Å². The van der Waals surface area contributed by atoms with Crippen molar-refractivity contribution in [2.24, 2.45) is 0 Å². The van der Waals surface area contributed by atoms with E-state index in [-0.39, 0.29) is 17.3 Å². The molecular weight excluding hydrogens is 428 g/mol. The highest BCUT2D eigenvalue weighted by Gasteiger charge is 2.18. The number of rotatable bonds is 8. The number of amides is 1. The van der Waals surface area contributed by atoms with Crippen molar-refractivity contribution in [2.75, 3.05) is 5.75 Å². The van der Waals surface area contributed by atoms with Gasteiger partial charge in [-0.1, -0.05) is 36.0 Å². The average molecular weight is 446 g/mol. The minimum atomic E-state index is -0.447. The quantitative estimate of drug-likeness (QED) is 0.249. The Hall–Kier alpha value is -4.05. The molecule has 0 aliphatic heterocycles. The number of pyridine rings is 1. The van der Waals surface area contributed by atoms with Crippen molar-refractivity contribution in [3.05, 3.63) is 94.8 Å². The van der Waals surface area contributed by atoms with Crippen LogP contribution in [-0.4, -0.2) is 36.3 Å². The van der Waals surface area contributed by atoms with Gasteiger partial charge in [0.25, 0.3) is 5.69 Å². The molecule has 32 heavy (non-hydrogen) atoms. The number of carbonyl (C=O) groups is 1. The average Bonchev–Trinajstić information content (AvgIpc) is 3.26. The van der Waals surface area contributed by atoms with Gasteiger partial charge in [0, 0.05) is 42.3 Å². The first-order chi connectivity index (χ1) is 15.6. The minimum Gasteiger partial charge on any atom is -0.351 e. The molecule has 4 rings (SSSR count). The first-order valence-electron chi connectivity index (χ1n) is 9.66. The second-order valence-corrected chi connectivity index (χ2v) is 7.65. The Kier molecular flexibility index (Phi) is 6.52. The number of non-ortho nitro benzene ring substituents is 1. The van der Waals surface area contributed by atoms with Gasteiger partial charge in [0.05, 0.1) is 10.7 Å². The Balaban J connectivity index is 1.54. The van der Waals surface area contributed by atoms with Gasteiger partial charge in [0.2, 0.25) is 5.91 Å². The van der Waals surface area contributed by atoms with Crippen LogP contribution in [0.2, 0.25) is 0 Å². The SMILES string of the molecule is O=C(CSc1nnc(-c2ccc([N+](=O)[O-])cc2)n1-c1ccccc1)NCc1cccnc1. The van der Waals surface area contributed by atoms with Crippen molar-refractivity contribution in [1.29, 1.82) is 0 Å². The molecule has 1 N–H and O–H groups in total. The van der Waals surface area contributed by atoms with E-state index in [1.165, 1.54) is 23.9 Å². The van der Waals surface area contributed by atoms with Gasteiger partial charge in [0.15, 0.2) is 11.0 Å². The molecule has 0 aliphatic rings. The van der Waals surface area contributed by atoms with Gasteiger partial charge in [-0.25, -0.2) is 0 Å². The number of hydrogen-bond acceptors (Lipinski definition) is 7. The molecule has 0 spiro atoms. The molecule has 1 amide bonds. The molecule has 160 valence electrons. The first-order valence-corrected chi connectivity index (χ1v) is 10.6. The maximum atomic E-state index is 12.3. The molecule has 2 heterocycles. The van der Waals surface area contributed by atoms with Crippen LogP contribution in [0.1, 0.15) is 5.56 Å². The number of para-hydroxylation sites is 1. The van der Waals surface area contributed by atoms with E-state index in [1.807, 2.05) is 47.0 Å². The molecule has 0 atom stereocenters. The number of nitro groups is 1. The third-order valence-corrected chi connectivity index (χ3v) is 5.46. The maximum absolute atomic E-state index is 12.3. The summed E-state index contributed by atoms with van der Waals surface area (Å²) in [7, 11) is 0. The summed E-state index contributed by atoms with van der Waals surface area (Å²) >= 11 is 1.26. The molecular formula is C22H18N6O3S. The highest BCUT2D eigenvalue weighted by molar-refractivity contribution is 7.99. The second-order valence-electron chi connectivity index (χ2n) is 6.71. The summed E-state index contributed by atoms with van der Waals surface area (Å²) in [6.45, 7) is 0.395. The predicted octanol–water partition coefficient (Wildman–Crippen LogP) is 3.65. The number of nitrogens with one attached hydrogen (secondary N) is 1. The molecule has 0 bridgehead atoms. The third-order valence-electron chi connectivity index (χ3n) is 4.53. The van der Waals surface area contributed by atoms with Crippen LogP contribution in [0.25, 0.3) is 17.1 Å². The number of benzene rings is 2. The van der Waals surface area contributed by atoms with Crippen molar-refractivity contribution in [1.82, 2.24) is 25.1 Å². The number of carbonyl (C=O) groups excluding carboxylic acids is 1. The summed E-state index contributed by atoms with van der Waals surface area (Å²) in [6.07, 6.45) is 3.38. The van der Waals surface area contributed by atoms with E-state index < -0.39 is 4.92 Å². The lowest BCUT2D eigenvalue weighted by atomic mass is 10.2. The minimum absolute atomic E-state index is 0.000544. The zero-order chi connectivity index (χ0) is 22.3. The molecule has 0 saturated heterocycles. The molecule has 2 aromatic heterocycles. The Labute approximate surface area is 187 Å². The number of nitro benzene ring substituents is 1. The van der Waals surface area contributed by atoms with Gasteiger partial charge in [-0.2, -0.15) is 0 Å². The second kappa shape index (κ2) is 9.84. The Morgan fingerprint density at radius 3 is 2.50 bits per heavy atom. The van der Waals surface area contributed by atoms with Crippen LogP contribution in [0.5, 0.6) is 0 Å². The maximum Gasteiger partial charge on any atom is 0.269 e. The Morgan fingerprint density at radius 2 is 1.81 bits per heavy atom. The fourth-order valence-corrected chi connectivity index (χ4v) is 3.76. The molecule has 10 heteroatoms. The van der Waals surface area contributed by atoms with Crippen LogP contribution in [0.15, 0.2) is 84.3 Å². The first kappa shape index (κ1) is 21.2. The molecule has 0 fully saturated rings. The third kappa shape index (κ3) is 4.98. The topological polar surface area (TPSA) is 116 Å². The molecule has 0 saturated carbocycles. The van der Waals surface area contributed by atoms with Crippen molar-refractivity contribution in [3.8, 4) is 17.1 Å². The van der Waals surface area contributed by atoms with E-state index in [0.29, 0.717) is 23.1 Å². The molecule has 0 unspecified atom stereocenters. The molecule has 0 radical (unpaired) electrons. The normalized spacial score (nSPS) is 10.6. The van der Waals surface area contributed by atoms with Gasteiger partial charge in [-0.15, -0.1) is 10.2 Å². The van der Waals surface area contributed by atoms with Gasteiger partial charge in [-0.05, 0) is 35.9 Å². The summed E-state index contributed by atoms with van der Waals surface area (Å²) in [4.78, 5) is 26.9. The van der Waals surface area contributed by atoms with E-state index in [9.17, 15) is 14.9 Å². The fraction of sp³-hybridized carbons (Fsp3) is 0.0909. The number of thioether (sulfide) groups is 1. The van der Waals surface area contributed by atoms with E-state index >= 15 is 0 Å². The smallest absolute Gasteiger partial charge is 0.269 e. The van der Waals surface area contributed by atoms with Crippen LogP contribution >= 0.6 is 11.8 Å². The van der Waals surface area contributed by atoms with Crippen LogP contribution in [0, 0.1) is 10.1 Å². The zero-order valence-corrected chi connectivity index (χ0v) is 17.6. The van der Waals surface area contributed by atoms with Gasteiger partial charge >= 0.3 is 0 Å².